The molecule has 0 radical (unpaired) electrons. The van der Waals surface area contributed by atoms with Crippen LogP contribution in [0.1, 0.15) is 19.4 Å². The molecule has 0 bridgehead atoms. The van der Waals surface area contributed by atoms with E-state index in [1.807, 2.05) is 13.8 Å². The molecule has 2 aromatic carbocycles. The van der Waals surface area contributed by atoms with Gasteiger partial charge in [-0.3, -0.25) is 0 Å². The van der Waals surface area contributed by atoms with Crippen LogP contribution in [0.4, 0.5) is 4.39 Å². The van der Waals surface area contributed by atoms with Crippen LogP contribution in [0, 0.1) is 5.82 Å². The molecule has 0 amide bonds. The van der Waals surface area contributed by atoms with Gasteiger partial charge in [-0.15, -0.1) is 0 Å². The highest BCUT2D eigenvalue weighted by atomic mass is 79.9. The first-order chi connectivity index (χ1) is 13.4. The number of aliphatic hydroxyl groups is 1. The number of β-amino-alcohol motifs (C(OH)–C–C–N with tert-alkyl or cyclic N) is 1. The van der Waals surface area contributed by atoms with E-state index < -0.39 is 27.5 Å². The molecule has 5 nitrogen and oxygen atoms in total. The average Bonchev–Trinajstić information content (AvgIpc) is 2.63. The number of hydrogen-bond acceptors (Lipinski definition) is 4. The first kappa shape index (κ1) is 24.2. The highest BCUT2D eigenvalue weighted by Gasteiger charge is 2.26. The lowest BCUT2D eigenvalue weighted by atomic mass is 9.94. The van der Waals surface area contributed by atoms with Crippen LogP contribution in [0.2, 0.25) is 5.02 Å². The SMILES string of the molecule is CN(C[C@H](O)CNC(C)(C)Cc1ccc(Cl)c(F)c1)S(=O)(=O)c1ccccc1Br. The average molecular weight is 508 g/mol. The maximum atomic E-state index is 13.6. The van der Waals surface area contributed by atoms with E-state index in [4.69, 9.17) is 11.6 Å². The molecule has 0 saturated heterocycles. The standard InChI is InChI=1S/C20H25BrClFN2O3S/c1-20(2,11-14-8-9-17(22)18(23)10-14)24-12-15(26)13-25(3)29(27,28)19-7-5-4-6-16(19)21/h4-10,15,24,26H,11-13H2,1-3H3/t15-/m1/s1. The molecule has 9 heteroatoms. The van der Waals surface area contributed by atoms with Gasteiger partial charge < -0.3 is 10.4 Å². The number of hydrogen-bond donors (Lipinski definition) is 2. The van der Waals surface area contributed by atoms with Gasteiger partial charge in [0.15, 0.2) is 0 Å². The molecule has 2 rings (SSSR count). The largest absolute Gasteiger partial charge is 0.390 e. The van der Waals surface area contributed by atoms with Crippen molar-refractivity contribution >= 4 is 37.6 Å². The first-order valence-corrected chi connectivity index (χ1v) is 11.6. The van der Waals surface area contributed by atoms with Gasteiger partial charge in [-0.05, 0) is 66.0 Å². The van der Waals surface area contributed by atoms with Gasteiger partial charge in [0.05, 0.1) is 16.0 Å². The Hall–Kier alpha value is -1.03. The van der Waals surface area contributed by atoms with E-state index in [1.54, 1.807) is 24.3 Å². The van der Waals surface area contributed by atoms with Crippen molar-refractivity contribution in [3.63, 3.8) is 0 Å². The van der Waals surface area contributed by atoms with E-state index >= 15 is 0 Å². The zero-order chi connectivity index (χ0) is 21.8. The molecule has 0 aliphatic rings. The minimum absolute atomic E-state index is 0.0671. The third-order valence-electron chi connectivity index (χ3n) is 4.44. The van der Waals surface area contributed by atoms with Crippen LogP contribution in [0.3, 0.4) is 0 Å². The number of aliphatic hydroxyl groups excluding tert-OH is 1. The minimum Gasteiger partial charge on any atom is -0.390 e. The van der Waals surface area contributed by atoms with Crippen LogP contribution in [0.25, 0.3) is 0 Å². The molecule has 160 valence electrons. The molecule has 0 saturated carbocycles. The number of benzene rings is 2. The molecule has 0 aliphatic heterocycles. The van der Waals surface area contributed by atoms with Crippen molar-refractivity contribution in [2.45, 2.75) is 36.8 Å². The summed E-state index contributed by atoms with van der Waals surface area (Å²) in [6, 6.07) is 11.2. The fourth-order valence-electron chi connectivity index (χ4n) is 2.90. The summed E-state index contributed by atoms with van der Waals surface area (Å²) >= 11 is 8.96. The van der Waals surface area contributed by atoms with Crippen molar-refractivity contribution in [2.75, 3.05) is 20.1 Å². The quantitative estimate of drug-likeness (QED) is 0.541. The molecule has 0 fully saturated rings. The Morgan fingerprint density at radius 2 is 1.93 bits per heavy atom. The number of likely N-dealkylation sites (N-methyl/N-ethyl adjacent to an activating group) is 1. The van der Waals surface area contributed by atoms with E-state index in [-0.39, 0.29) is 23.0 Å². The topological polar surface area (TPSA) is 69.6 Å². The van der Waals surface area contributed by atoms with Gasteiger partial charge in [-0.1, -0.05) is 29.8 Å². The van der Waals surface area contributed by atoms with E-state index in [0.29, 0.717) is 10.9 Å². The number of nitrogens with zero attached hydrogens (tertiary/aromatic N) is 1. The molecular formula is C20H25BrClFN2O3S. The Bertz CT molecular complexity index is 956. The lowest BCUT2D eigenvalue weighted by Crippen LogP contribution is -2.47. The lowest BCUT2D eigenvalue weighted by Gasteiger charge is -2.29. The highest BCUT2D eigenvalue weighted by Crippen LogP contribution is 2.24. The summed E-state index contributed by atoms with van der Waals surface area (Å²) in [5.41, 5.74) is 0.328. The van der Waals surface area contributed by atoms with E-state index in [9.17, 15) is 17.9 Å². The number of halogens is 3. The Labute approximate surface area is 185 Å². The van der Waals surface area contributed by atoms with E-state index in [0.717, 1.165) is 9.87 Å². The monoisotopic (exact) mass is 506 g/mol. The lowest BCUT2D eigenvalue weighted by molar-refractivity contribution is 0.139. The Morgan fingerprint density at radius 3 is 2.55 bits per heavy atom. The van der Waals surface area contributed by atoms with Crippen molar-refractivity contribution in [1.82, 2.24) is 9.62 Å². The summed E-state index contributed by atoms with van der Waals surface area (Å²) < 4.78 is 40.6. The van der Waals surface area contributed by atoms with E-state index in [1.165, 1.54) is 25.2 Å². The summed E-state index contributed by atoms with van der Waals surface area (Å²) in [6.07, 6.45) is -0.405. The molecule has 0 unspecified atom stereocenters. The Morgan fingerprint density at radius 1 is 1.28 bits per heavy atom. The smallest absolute Gasteiger partial charge is 0.244 e. The summed E-state index contributed by atoms with van der Waals surface area (Å²) in [5, 5.41) is 13.6. The van der Waals surface area contributed by atoms with Gasteiger partial charge in [0.2, 0.25) is 10.0 Å². The van der Waals surface area contributed by atoms with Crippen molar-refractivity contribution < 1.29 is 17.9 Å². The van der Waals surface area contributed by atoms with Crippen LogP contribution in [0.5, 0.6) is 0 Å². The second kappa shape index (κ2) is 9.85. The molecule has 0 spiro atoms. The fraction of sp³-hybridized carbons (Fsp3) is 0.400. The summed E-state index contributed by atoms with van der Waals surface area (Å²) in [4.78, 5) is 0.146. The predicted octanol–water partition coefficient (Wildman–Crippen LogP) is 3.83. The number of rotatable bonds is 9. The third-order valence-corrected chi connectivity index (χ3v) is 7.58. The van der Waals surface area contributed by atoms with Gasteiger partial charge in [-0.2, -0.15) is 4.31 Å². The molecule has 0 heterocycles. The normalized spacial score (nSPS) is 13.7. The second-order valence-electron chi connectivity index (χ2n) is 7.56. The van der Waals surface area contributed by atoms with Crippen LogP contribution in [-0.4, -0.2) is 49.6 Å². The van der Waals surface area contributed by atoms with Gasteiger partial charge in [0.1, 0.15) is 5.82 Å². The number of sulfonamides is 1. The zero-order valence-corrected chi connectivity index (χ0v) is 19.7. The van der Waals surface area contributed by atoms with Crippen LogP contribution < -0.4 is 5.32 Å². The van der Waals surface area contributed by atoms with Crippen molar-refractivity contribution in [1.29, 1.82) is 0 Å². The first-order valence-electron chi connectivity index (χ1n) is 9.00. The molecular weight excluding hydrogens is 483 g/mol. The van der Waals surface area contributed by atoms with Crippen LogP contribution in [-0.2, 0) is 16.4 Å². The summed E-state index contributed by atoms with van der Waals surface area (Å²) in [7, 11) is -2.30. The van der Waals surface area contributed by atoms with Crippen LogP contribution in [0.15, 0.2) is 51.8 Å². The van der Waals surface area contributed by atoms with Gasteiger partial charge in [-0.25, -0.2) is 12.8 Å². The fourth-order valence-corrected chi connectivity index (χ4v) is 5.18. The minimum atomic E-state index is -3.73. The van der Waals surface area contributed by atoms with E-state index in [2.05, 4.69) is 21.2 Å². The maximum absolute atomic E-state index is 13.6. The molecule has 1 atom stereocenters. The maximum Gasteiger partial charge on any atom is 0.244 e. The molecule has 0 aliphatic carbocycles. The number of nitrogens with one attached hydrogen (secondary N) is 1. The second-order valence-corrected chi connectivity index (χ2v) is 10.8. The summed E-state index contributed by atoms with van der Waals surface area (Å²) in [6.45, 7) is 3.96. The van der Waals surface area contributed by atoms with Crippen molar-refractivity contribution in [3.05, 3.63) is 63.3 Å². The Kier molecular flexibility index (Phi) is 8.23. The predicted molar refractivity (Wildman–Crippen MR) is 117 cm³/mol. The molecule has 2 N–H and O–H groups in total. The summed E-state index contributed by atoms with van der Waals surface area (Å²) in [5.74, 6) is -0.473. The zero-order valence-electron chi connectivity index (χ0n) is 16.5. The van der Waals surface area contributed by atoms with Gasteiger partial charge in [0.25, 0.3) is 0 Å². The molecule has 29 heavy (non-hydrogen) atoms. The van der Waals surface area contributed by atoms with Gasteiger partial charge >= 0.3 is 0 Å². The van der Waals surface area contributed by atoms with Gasteiger partial charge in [0, 0.05) is 30.1 Å². The molecule has 0 aromatic heterocycles. The Balaban J connectivity index is 1.95. The van der Waals surface area contributed by atoms with Crippen molar-refractivity contribution in [2.24, 2.45) is 0 Å². The van der Waals surface area contributed by atoms with Crippen molar-refractivity contribution in [3.8, 4) is 0 Å². The molecule has 2 aromatic rings. The highest BCUT2D eigenvalue weighted by molar-refractivity contribution is 9.10. The van der Waals surface area contributed by atoms with Crippen LogP contribution >= 0.6 is 27.5 Å². The third kappa shape index (κ3) is 6.73.